The van der Waals surface area contributed by atoms with Gasteiger partial charge in [-0.2, -0.15) is 0 Å². The summed E-state index contributed by atoms with van der Waals surface area (Å²) in [5.74, 6) is -1.05. The number of carbonyl (C=O) groups excluding carboxylic acids is 1. The molecule has 1 aromatic rings. The molecule has 2 rings (SSSR count). The van der Waals surface area contributed by atoms with Gasteiger partial charge in [0.2, 0.25) is 0 Å². The van der Waals surface area contributed by atoms with E-state index in [0.717, 1.165) is 0 Å². The summed E-state index contributed by atoms with van der Waals surface area (Å²) in [6.45, 7) is 5.94. The third-order valence-corrected chi connectivity index (χ3v) is 3.40. The number of amides is 1. The largest absolute Gasteiger partial charge is 0.356 e. The molecule has 1 heterocycles. The second kappa shape index (κ2) is 4.52. The molecule has 0 bridgehead atoms. The van der Waals surface area contributed by atoms with E-state index in [1.54, 1.807) is 6.92 Å². The first-order valence-corrected chi connectivity index (χ1v) is 6.11. The summed E-state index contributed by atoms with van der Waals surface area (Å²) in [7, 11) is 0. The van der Waals surface area contributed by atoms with Crippen molar-refractivity contribution in [3.8, 4) is 0 Å². The maximum absolute atomic E-state index is 13.8. The van der Waals surface area contributed by atoms with E-state index >= 15 is 0 Å². The van der Waals surface area contributed by atoms with Gasteiger partial charge in [0.25, 0.3) is 5.91 Å². The zero-order chi connectivity index (χ0) is 13.5. The summed E-state index contributed by atoms with van der Waals surface area (Å²) in [4.78, 5) is 14.0. The first kappa shape index (κ1) is 13.3. The summed E-state index contributed by atoms with van der Waals surface area (Å²) in [5, 5.41) is 0.120. The predicted molar refractivity (Wildman–Crippen MR) is 67.1 cm³/mol. The number of ether oxygens (including phenoxy) is 1. The smallest absolute Gasteiger partial charge is 0.260 e. The Morgan fingerprint density at radius 3 is 2.72 bits per heavy atom. The summed E-state index contributed by atoms with van der Waals surface area (Å²) in [6.07, 6.45) is -0.386. The molecule has 3 nitrogen and oxygen atoms in total. The van der Waals surface area contributed by atoms with Gasteiger partial charge < -0.3 is 9.64 Å². The molecular formula is C13H15ClFNO2. The highest BCUT2D eigenvalue weighted by molar-refractivity contribution is 6.33. The molecule has 0 radical (unpaired) electrons. The van der Waals surface area contributed by atoms with Crippen LogP contribution in [0.3, 0.4) is 0 Å². The standard InChI is InChI=1S/C13H15ClFNO2/c1-8-16(13(2,3)7-18-8)12(17)11-9(14)5-4-6-10(11)15/h4-6,8H,7H2,1-3H3. The quantitative estimate of drug-likeness (QED) is 0.786. The SMILES string of the molecule is CC1OCC(C)(C)N1C(=O)c1c(F)cccc1Cl. The summed E-state index contributed by atoms with van der Waals surface area (Å²) < 4.78 is 19.2. The van der Waals surface area contributed by atoms with E-state index in [1.807, 2.05) is 13.8 Å². The van der Waals surface area contributed by atoms with Gasteiger partial charge in [-0.15, -0.1) is 0 Å². The monoisotopic (exact) mass is 271 g/mol. The Morgan fingerprint density at radius 1 is 1.56 bits per heavy atom. The number of halogens is 2. The summed E-state index contributed by atoms with van der Waals surface area (Å²) in [5.41, 5.74) is -0.563. The minimum absolute atomic E-state index is 0.0930. The molecule has 98 valence electrons. The van der Waals surface area contributed by atoms with Crippen molar-refractivity contribution in [3.05, 3.63) is 34.6 Å². The molecule has 0 aromatic heterocycles. The minimum atomic E-state index is -0.609. The molecule has 0 N–H and O–H groups in total. The van der Waals surface area contributed by atoms with E-state index in [2.05, 4.69) is 0 Å². The maximum atomic E-state index is 13.8. The molecule has 1 saturated heterocycles. The summed E-state index contributed by atoms with van der Waals surface area (Å²) in [6, 6.07) is 4.21. The van der Waals surface area contributed by atoms with E-state index in [1.165, 1.54) is 23.1 Å². The lowest BCUT2D eigenvalue weighted by Gasteiger charge is -2.32. The Bertz CT molecular complexity index is 470. The predicted octanol–water partition coefficient (Wildman–Crippen LogP) is 3.08. The number of hydrogen-bond acceptors (Lipinski definition) is 2. The van der Waals surface area contributed by atoms with Gasteiger partial charge in [-0.3, -0.25) is 4.79 Å². The van der Waals surface area contributed by atoms with Crippen LogP contribution >= 0.6 is 11.6 Å². The average molecular weight is 272 g/mol. The molecule has 1 aliphatic heterocycles. The van der Waals surface area contributed by atoms with Gasteiger partial charge in [-0.05, 0) is 32.9 Å². The third kappa shape index (κ3) is 2.10. The lowest BCUT2D eigenvalue weighted by molar-refractivity contribution is 0.0304. The van der Waals surface area contributed by atoms with Gasteiger partial charge in [0, 0.05) is 0 Å². The fourth-order valence-electron chi connectivity index (χ4n) is 2.22. The van der Waals surface area contributed by atoms with Crippen LogP contribution in [0.5, 0.6) is 0 Å². The molecule has 1 unspecified atom stereocenters. The number of nitrogens with zero attached hydrogens (tertiary/aromatic N) is 1. The fraction of sp³-hybridized carbons (Fsp3) is 0.462. The fourth-order valence-corrected chi connectivity index (χ4v) is 2.47. The van der Waals surface area contributed by atoms with Crippen molar-refractivity contribution in [2.75, 3.05) is 6.61 Å². The topological polar surface area (TPSA) is 29.5 Å². The molecule has 1 amide bonds. The van der Waals surface area contributed by atoms with Crippen LogP contribution in [0.4, 0.5) is 4.39 Å². The molecule has 0 aliphatic carbocycles. The van der Waals surface area contributed by atoms with Crippen molar-refractivity contribution in [3.63, 3.8) is 0 Å². The van der Waals surface area contributed by atoms with Crippen LogP contribution in [0.15, 0.2) is 18.2 Å². The second-order valence-corrected chi connectivity index (χ2v) is 5.40. The molecule has 0 spiro atoms. The molecule has 1 aliphatic rings. The first-order chi connectivity index (χ1) is 8.34. The lowest BCUT2D eigenvalue weighted by atomic mass is 10.0. The highest BCUT2D eigenvalue weighted by Crippen LogP contribution is 2.31. The second-order valence-electron chi connectivity index (χ2n) is 4.99. The van der Waals surface area contributed by atoms with Crippen molar-refractivity contribution >= 4 is 17.5 Å². The van der Waals surface area contributed by atoms with E-state index in [4.69, 9.17) is 16.3 Å². The molecular weight excluding hydrogens is 257 g/mol. The van der Waals surface area contributed by atoms with Gasteiger partial charge in [-0.25, -0.2) is 4.39 Å². The van der Waals surface area contributed by atoms with Crippen LogP contribution in [0.25, 0.3) is 0 Å². The number of hydrogen-bond donors (Lipinski definition) is 0. The van der Waals surface area contributed by atoms with E-state index in [-0.39, 0.29) is 16.8 Å². The van der Waals surface area contributed by atoms with Crippen molar-refractivity contribution in [2.24, 2.45) is 0 Å². The molecule has 1 aromatic carbocycles. The van der Waals surface area contributed by atoms with Crippen LogP contribution < -0.4 is 0 Å². The summed E-state index contributed by atoms with van der Waals surface area (Å²) >= 11 is 5.92. The maximum Gasteiger partial charge on any atom is 0.260 e. The number of benzene rings is 1. The van der Waals surface area contributed by atoms with Gasteiger partial charge in [0.05, 0.1) is 22.7 Å². The van der Waals surface area contributed by atoms with Crippen LogP contribution in [0, 0.1) is 5.82 Å². The molecule has 0 saturated carbocycles. The zero-order valence-corrected chi connectivity index (χ0v) is 11.3. The van der Waals surface area contributed by atoms with Crippen molar-refractivity contribution < 1.29 is 13.9 Å². The normalized spacial score (nSPS) is 22.3. The molecule has 1 fully saturated rings. The first-order valence-electron chi connectivity index (χ1n) is 5.74. The lowest BCUT2D eigenvalue weighted by Crippen LogP contribution is -2.47. The van der Waals surface area contributed by atoms with Gasteiger partial charge in [0.15, 0.2) is 0 Å². The van der Waals surface area contributed by atoms with Crippen LogP contribution in [-0.2, 0) is 4.74 Å². The Morgan fingerprint density at radius 2 is 2.22 bits per heavy atom. The molecule has 18 heavy (non-hydrogen) atoms. The van der Waals surface area contributed by atoms with Gasteiger partial charge >= 0.3 is 0 Å². The van der Waals surface area contributed by atoms with Crippen LogP contribution in [-0.4, -0.2) is 29.2 Å². The minimum Gasteiger partial charge on any atom is -0.356 e. The Hall–Kier alpha value is -1.13. The van der Waals surface area contributed by atoms with E-state index in [0.29, 0.717) is 6.61 Å². The highest BCUT2D eigenvalue weighted by atomic mass is 35.5. The molecule has 5 heteroatoms. The van der Waals surface area contributed by atoms with Gasteiger partial charge in [-0.1, -0.05) is 17.7 Å². The average Bonchev–Trinajstić information content (AvgIpc) is 2.52. The van der Waals surface area contributed by atoms with E-state index < -0.39 is 17.3 Å². The van der Waals surface area contributed by atoms with Crippen LogP contribution in [0.1, 0.15) is 31.1 Å². The zero-order valence-electron chi connectivity index (χ0n) is 10.5. The molecule has 1 atom stereocenters. The van der Waals surface area contributed by atoms with Crippen LogP contribution in [0.2, 0.25) is 5.02 Å². The Labute approximate surface area is 110 Å². The van der Waals surface area contributed by atoms with Crippen molar-refractivity contribution in [1.82, 2.24) is 4.90 Å². The Kier molecular flexibility index (Phi) is 3.34. The third-order valence-electron chi connectivity index (χ3n) is 3.09. The Balaban J connectivity index is 2.43. The number of rotatable bonds is 1. The number of carbonyl (C=O) groups is 1. The van der Waals surface area contributed by atoms with Crippen molar-refractivity contribution in [2.45, 2.75) is 32.5 Å². The highest BCUT2D eigenvalue weighted by Gasteiger charge is 2.42. The van der Waals surface area contributed by atoms with E-state index in [9.17, 15) is 9.18 Å². The van der Waals surface area contributed by atoms with Gasteiger partial charge in [0.1, 0.15) is 12.0 Å². The van der Waals surface area contributed by atoms with Crippen molar-refractivity contribution in [1.29, 1.82) is 0 Å².